The molecule has 9 heteroatoms. The van der Waals surface area contributed by atoms with E-state index in [0.717, 1.165) is 10.0 Å². The van der Waals surface area contributed by atoms with Gasteiger partial charge in [0, 0.05) is 27.7 Å². The Morgan fingerprint density at radius 1 is 1.12 bits per heavy atom. The minimum absolute atomic E-state index is 0.0273. The van der Waals surface area contributed by atoms with Gasteiger partial charge in [-0.1, -0.05) is 63.9 Å². The molecule has 4 rings (SSSR count). The van der Waals surface area contributed by atoms with Crippen LogP contribution in [0.3, 0.4) is 0 Å². The molecule has 0 atom stereocenters. The Bertz CT molecular complexity index is 1290. The highest BCUT2D eigenvalue weighted by Gasteiger charge is 2.27. The van der Waals surface area contributed by atoms with Crippen molar-refractivity contribution >= 4 is 51.2 Å². The van der Waals surface area contributed by atoms with Crippen molar-refractivity contribution in [2.24, 2.45) is 4.99 Å². The SMILES string of the molecule is O=C1OC(c2cc([N+](=O)[O-])ccc2Cl)=N/C1=C\c1ccccc1OCc1ccccc1Br. The van der Waals surface area contributed by atoms with E-state index in [1.54, 1.807) is 18.2 Å². The average Bonchev–Trinajstić information content (AvgIpc) is 3.14. The predicted molar refractivity (Wildman–Crippen MR) is 124 cm³/mol. The average molecular weight is 514 g/mol. The number of benzene rings is 3. The van der Waals surface area contributed by atoms with Gasteiger partial charge in [-0.2, -0.15) is 0 Å². The van der Waals surface area contributed by atoms with E-state index in [1.807, 2.05) is 30.3 Å². The maximum Gasteiger partial charge on any atom is 0.363 e. The number of nitro groups is 1. The van der Waals surface area contributed by atoms with Crippen LogP contribution in [0.1, 0.15) is 16.7 Å². The van der Waals surface area contributed by atoms with Crippen molar-refractivity contribution in [2.45, 2.75) is 6.61 Å². The standard InChI is InChI=1S/C23H14BrClN2O5/c24-18-7-3-1-6-15(18)13-31-21-8-4-2-5-14(21)11-20-23(28)32-22(26-20)17-12-16(27(29)30)9-10-19(17)25/h1-12H,13H2/b20-11-. The third-order valence-corrected chi connectivity index (χ3v) is 5.67. The molecular formula is C23H14BrClN2O5. The number of halogens is 2. The quantitative estimate of drug-likeness (QED) is 0.176. The summed E-state index contributed by atoms with van der Waals surface area (Å²) in [7, 11) is 0. The minimum Gasteiger partial charge on any atom is -0.488 e. The Hall–Kier alpha value is -3.49. The molecule has 160 valence electrons. The molecule has 0 aromatic heterocycles. The van der Waals surface area contributed by atoms with Gasteiger partial charge in [-0.25, -0.2) is 9.79 Å². The van der Waals surface area contributed by atoms with Crippen molar-refractivity contribution in [3.8, 4) is 5.75 Å². The van der Waals surface area contributed by atoms with Crippen LogP contribution in [0.2, 0.25) is 5.02 Å². The molecule has 0 aliphatic carbocycles. The molecule has 32 heavy (non-hydrogen) atoms. The van der Waals surface area contributed by atoms with Crippen LogP contribution in [0.25, 0.3) is 6.08 Å². The molecule has 0 amide bonds. The molecule has 3 aromatic carbocycles. The smallest absolute Gasteiger partial charge is 0.363 e. The maximum atomic E-state index is 12.4. The summed E-state index contributed by atoms with van der Waals surface area (Å²) in [5, 5.41) is 11.2. The summed E-state index contributed by atoms with van der Waals surface area (Å²) in [6.45, 7) is 0.323. The summed E-state index contributed by atoms with van der Waals surface area (Å²) < 4.78 is 12.1. The molecule has 0 N–H and O–H groups in total. The lowest BCUT2D eigenvalue weighted by Crippen LogP contribution is -2.06. The van der Waals surface area contributed by atoms with Gasteiger partial charge in [-0.15, -0.1) is 0 Å². The number of rotatable bonds is 6. The van der Waals surface area contributed by atoms with E-state index in [2.05, 4.69) is 20.9 Å². The second-order valence-corrected chi connectivity index (χ2v) is 7.94. The molecule has 0 fully saturated rings. The summed E-state index contributed by atoms with van der Waals surface area (Å²) in [5.41, 5.74) is 1.60. The number of aliphatic imine (C=N–C) groups is 1. The Morgan fingerprint density at radius 3 is 2.66 bits per heavy atom. The van der Waals surface area contributed by atoms with Gasteiger partial charge in [-0.3, -0.25) is 10.1 Å². The molecule has 0 spiro atoms. The number of para-hydroxylation sites is 1. The first-order valence-corrected chi connectivity index (χ1v) is 10.5. The topological polar surface area (TPSA) is 91.0 Å². The zero-order chi connectivity index (χ0) is 22.7. The van der Waals surface area contributed by atoms with Gasteiger partial charge in [0.2, 0.25) is 5.90 Å². The first-order valence-electron chi connectivity index (χ1n) is 9.34. The second-order valence-electron chi connectivity index (χ2n) is 6.68. The molecule has 0 unspecified atom stereocenters. The first kappa shape index (κ1) is 21.7. The predicted octanol–water partition coefficient (Wildman–Crippen LogP) is 5.93. The highest BCUT2D eigenvalue weighted by Crippen LogP contribution is 2.29. The van der Waals surface area contributed by atoms with Crippen LogP contribution in [0.5, 0.6) is 5.75 Å². The van der Waals surface area contributed by atoms with Crippen molar-refractivity contribution < 1.29 is 19.2 Å². The van der Waals surface area contributed by atoms with Crippen LogP contribution in [-0.4, -0.2) is 16.8 Å². The molecule has 3 aromatic rings. The molecular weight excluding hydrogens is 500 g/mol. The second kappa shape index (κ2) is 9.33. The number of nitrogens with zero attached hydrogens (tertiary/aromatic N) is 2. The number of cyclic esters (lactones) is 1. The number of hydrogen-bond acceptors (Lipinski definition) is 6. The highest BCUT2D eigenvalue weighted by molar-refractivity contribution is 9.10. The van der Waals surface area contributed by atoms with Gasteiger partial charge in [-0.05, 0) is 24.3 Å². The zero-order valence-corrected chi connectivity index (χ0v) is 18.7. The van der Waals surface area contributed by atoms with Crippen molar-refractivity contribution in [1.29, 1.82) is 0 Å². The minimum atomic E-state index is -0.692. The van der Waals surface area contributed by atoms with Gasteiger partial charge in [0.15, 0.2) is 5.70 Å². The van der Waals surface area contributed by atoms with Crippen molar-refractivity contribution in [1.82, 2.24) is 0 Å². The van der Waals surface area contributed by atoms with E-state index in [-0.39, 0.29) is 27.9 Å². The molecule has 0 saturated carbocycles. The Kier molecular flexibility index (Phi) is 6.34. The van der Waals surface area contributed by atoms with Crippen molar-refractivity contribution in [3.05, 3.63) is 109 Å². The summed E-state index contributed by atoms with van der Waals surface area (Å²) in [6, 6.07) is 18.7. The van der Waals surface area contributed by atoms with E-state index < -0.39 is 10.9 Å². The van der Waals surface area contributed by atoms with Gasteiger partial charge in [0.05, 0.1) is 15.5 Å². The van der Waals surface area contributed by atoms with Crippen LogP contribution in [0.4, 0.5) is 5.69 Å². The molecule has 0 radical (unpaired) electrons. The number of hydrogen-bond donors (Lipinski definition) is 0. The molecule has 1 aliphatic heterocycles. The summed E-state index contributed by atoms with van der Waals surface area (Å²) in [5.74, 6) is -0.231. The summed E-state index contributed by atoms with van der Waals surface area (Å²) in [4.78, 5) is 27.1. The van der Waals surface area contributed by atoms with Crippen LogP contribution in [0, 0.1) is 10.1 Å². The van der Waals surface area contributed by atoms with E-state index >= 15 is 0 Å². The Morgan fingerprint density at radius 2 is 1.88 bits per heavy atom. The molecule has 7 nitrogen and oxygen atoms in total. The van der Waals surface area contributed by atoms with Crippen LogP contribution < -0.4 is 4.74 Å². The molecule has 0 bridgehead atoms. The zero-order valence-electron chi connectivity index (χ0n) is 16.3. The first-order chi connectivity index (χ1) is 15.4. The number of carbonyl (C=O) groups is 1. The van der Waals surface area contributed by atoms with Crippen LogP contribution >= 0.6 is 27.5 Å². The third kappa shape index (κ3) is 4.71. The number of nitro benzene ring substituents is 1. The van der Waals surface area contributed by atoms with E-state index in [4.69, 9.17) is 21.1 Å². The number of esters is 1. The molecule has 1 heterocycles. The lowest BCUT2D eigenvalue weighted by Gasteiger charge is -2.10. The van der Waals surface area contributed by atoms with Gasteiger partial charge in [0.1, 0.15) is 12.4 Å². The summed E-state index contributed by atoms with van der Waals surface area (Å²) >= 11 is 9.63. The number of ether oxygens (including phenoxy) is 2. The Balaban J connectivity index is 1.63. The highest BCUT2D eigenvalue weighted by atomic mass is 79.9. The van der Waals surface area contributed by atoms with Gasteiger partial charge < -0.3 is 9.47 Å². The van der Waals surface area contributed by atoms with Gasteiger partial charge in [0.25, 0.3) is 5.69 Å². The number of carbonyl (C=O) groups excluding carboxylic acids is 1. The summed E-state index contributed by atoms with van der Waals surface area (Å²) in [6.07, 6.45) is 1.54. The third-order valence-electron chi connectivity index (χ3n) is 4.56. The fourth-order valence-corrected chi connectivity index (χ4v) is 3.56. The maximum absolute atomic E-state index is 12.4. The van der Waals surface area contributed by atoms with Crippen LogP contribution in [0.15, 0.2) is 81.9 Å². The molecule has 1 aliphatic rings. The van der Waals surface area contributed by atoms with Gasteiger partial charge >= 0.3 is 5.97 Å². The van der Waals surface area contributed by atoms with Crippen LogP contribution in [-0.2, 0) is 16.1 Å². The van der Waals surface area contributed by atoms with E-state index in [1.165, 1.54) is 24.3 Å². The number of non-ortho nitro benzene ring substituents is 1. The fourth-order valence-electron chi connectivity index (χ4n) is 2.96. The monoisotopic (exact) mass is 512 g/mol. The normalized spacial score (nSPS) is 14.2. The lowest BCUT2D eigenvalue weighted by molar-refractivity contribution is -0.384. The van der Waals surface area contributed by atoms with Crippen molar-refractivity contribution in [3.63, 3.8) is 0 Å². The largest absolute Gasteiger partial charge is 0.488 e. The lowest BCUT2D eigenvalue weighted by atomic mass is 10.1. The fraction of sp³-hybridized carbons (Fsp3) is 0.0435. The van der Waals surface area contributed by atoms with E-state index in [9.17, 15) is 14.9 Å². The molecule has 0 saturated heterocycles. The Labute approximate surface area is 196 Å². The van der Waals surface area contributed by atoms with Crippen molar-refractivity contribution in [2.75, 3.05) is 0 Å². The van der Waals surface area contributed by atoms with E-state index in [0.29, 0.717) is 17.9 Å².